The lowest BCUT2D eigenvalue weighted by Crippen LogP contribution is -2.55. The zero-order valence-corrected chi connectivity index (χ0v) is 46.3. The van der Waals surface area contributed by atoms with E-state index in [4.69, 9.17) is 19.3 Å². The number of halogens is 12. The van der Waals surface area contributed by atoms with Gasteiger partial charge in [0.1, 0.15) is 11.5 Å². The molecular formula is C60H72F12O8. The molecule has 4 aromatic carbocycles. The van der Waals surface area contributed by atoms with Crippen molar-refractivity contribution in [1.29, 1.82) is 0 Å². The van der Waals surface area contributed by atoms with E-state index in [0.717, 1.165) is 33.4 Å². The maximum atomic E-state index is 13.1. The summed E-state index contributed by atoms with van der Waals surface area (Å²) in [7, 11) is 0. The molecular weight excluding hydrogens is 1080 g/mol. The van der Waals surface area contributed by atoms with Crippen molar-refractivity contribution in [2.45, 2.75) is 173 Å². The van der Waals surface area contributed by atoms with Crippen LogP contribution in [0, 0.1) is 27.7 Å². The molecule has 0 saturated heterocycles. The molecule has 0 aromatic heterocycles. The Hall–Kier alpha value is -6.02. The van der Waals surface area contributed by atoms with Gasteiger partial charge in [0.15, 0.2) is 0 Å². The number of aryl methyl sites for hydroxylation is 4. The minimum atomic E-state index is -5.93. The highest BCUT2D eigenvalue weighted by atomic mass is 19.4. The SMILES string of the molecule is CCC(CC)(c1ccc(/C=C/C(O)(C(F)(F)F)C(F)(F)F)c(C)c1)c1ccc(OCCCCC(=O)O)c(C)c1.CCOC(=O)CCCCOc1ccc(C(CC)(CC)c2ccc(/C=C/C(O)(C(F)(F)F)C(F)(F)F)c(C)c2)cc1C. The number of carboxylic acids is 1. The van der Waals surface area contributed by atoms with E-state index in [1.54, 1.807) is 45.0 Å². The number of rotatable bonds is 25. The minimum absolute atomic E-state index is 0.0797. The molecule has 0 fully saturated rings. The van der Waals surface area contributed by atoms with Gasteiger partial charge in [-0.25, -0.2) is 0 Å². The van der Waals surface area contributed by atoms with E-state index in [2.05, 4.69) is 0 Å². The second kappa shape index (κ2) is 28.1. The third-order valence-electron chi connectivity index (χ3n) is 14.6. The minimum Gasteiger partial charge on any atom is -0.493 e. The van der Waals surface area contributed by atoms with Gasteiger partial charge in [-0.3, -0.25) is 9.59 Å². The number of carbonyl (C=O) groups is 2. The first-order chi connectivity index (χ1) is 37.1. The Morgan fingerprint density at radius 1 is 0.463 bits per heavy atom. The van der Waals surface area contributed by atoms with Gasteiger partial charge in [0.05, 0.1) is 19.8 Å². The average Bonchev–Trinajstić information content (AvgIpc) is 3.36. The van der Waals surface area contributed by atoms with Crippen LogP contribution in [0.15, 0.2) is 84.9 Å². The topological polar surface area (TPSA) is 123 Å². The molecule has 0 spiro atoms. The second-order valence-electron chi connectivity index (χ2n) is 19.7. The van der Waals surface area contributed by atoms with E-state index >= 15 is 0 Å². The van der Waals surface area contributed by atoms with Crippen molar-refractivity contribution in [3.05, 3.63) is 141 Å². The lowest BCUT2D eigenvalue weighted by molar-refractivity contribution is -0.348. The summed E-state index contributed by atoms with van der Waals surface area (Å²) in [6, 6.07) is 21.5. The summed E-state index contributed by atoms with van der Waals surface area (Å²) in [5.41, 5.74) is -4.18. The molecule has 0 radical (unpaired) electrons. The van der Waals surface area contributed by atoms with Gasteiger partial charge >= 0.3 is 36.6 Å². The van der Waals surface area contributed by atoms with Crippen LogP contribution < -0.4 is 9.47 Å². The van der Waals surface area contributed by atoms with E-state index in [0.29, 0.717) is 112 Å². The Morgan fingerprint density at radius 3 is 1.05 bits per heavy atom. The fourth-order valence-corrected chi connectivity index (χ4v) is 9.47. The van der Waals surface area contributed by atoms with E-state index in [9.17, 15) is 72.5 Å². The maximum Gasteiger partial charge on any atom is 0.430 e. The summed E-state index contributed by atoms with van der Waals surface area (Å²) in [6.45, 7) is 18.0. The monoisotopic (exact) mass is 1150 g/mol. The number of hydrogen-bond acceptors (Lipinski definition) is 7. The fraction of sp³-hybridized carbons (Fsp3) is 0.500. The Bertz CT molecular complexity index is 2700. The number of aliphatic hydroxyl groups is 2. The molecule has 20 heteroatoms. The van der Waals surface area contributed by atoms with Gasteiger partial charge in [-0.15, -0.1) is 0 Å². The molecule has 80 heavy (non-hydrogen) atoms. The number of ether oxygens (including phenoxy) is 3. The molecule has 0 saturated carbocycles. The summed E-state index contributed by atoms with van der Waals surface area (Å²) < 4.78 is 173. The highest BCUT2D eigenvalue weighted by molar-refractivity contribution is 5.69. The quantitative estimate of drug-likeness (QED) is 0.0341. The predicted octanol–water partition coefficient (Wildman–Crippen LogP) is 16.3. The zero-order chi connectivity index (χ0) is 60.7. The number of hydrogen-bond donors (Lipinski definition) is 3. The van der Waals surface area contributed by atoms with Gasteiger partial charge in [-0.1, -0.05) is 101 Å². The van der Waals surface area contributed by atoms with Crippen molar-refractivity contribution in [2.75, 3.05) is 19.8 Å². The first-order valence-electron chi connectivity index (χ1n) is 26.3. The fourth-order valence-electron chi connectivity index (χ4n) is 9.47. The highest BCUT2D eigenvalue weighted by Gasteiger charge is 2.70. The molecule has 0 aliphatic rings. The summed E-state index contributed by atoms with van der Waals surface area (Å²) in [5.74, 6) is 0.305. The van der Waals surface area contributed by atoms with E-state index in [-0.39, 0.29) is 35.7 Å². The molecule has 0 bridgehead atoms. The molecule has 3 N–H and O–H groups in total. The smallest absolute Gasteiger partial charge is 0.430 e. The Morgan fingerprint density at radius 2 is 0.775 bits per heavy atom. The van der Waals surface area contributed by atoms with Crippen LogP contribution in [-0.4, -0.2) is 83.0 Å². The van der Waals surface area contributed by atoms with Gasteiger partial charge in [0.25, 0.3) is 11.2 Å². The van der Waals surface area contributed by atoms with E-state index in [1.165, 1.54) is 12.1 Å². The van der Waals surface area contributed by atoms with Crippen molar-refractivity contribution >= 4 is 24.1 Å². The number of benzene rings is 4. The average molecular weight is 1150 g/mol. The molecule has 0 aliphatic carbocycles. The Kier molecular flexibility index (Phi) is 24.0. The lowest BCUT2D eigenvalue weighted by Gasteiger charge is -2.34. The van der Waals surface area contributed by atoms with Gasteiger partial charge < -0.3 is 29.5 Å². The standard InChI is InChI=1S/C31H38F6O4.C29H34F6O4/c1-6-28(7-2,25-14-15-26(22(5)20-25)41-18-10-9-11-27(38)40-8-3)24-13-12-23(21(4)19-24)16-17-29(39,30(32,33)34)31(35,36)37;1-5-26(6-2,23-12-13-24(20(4)18-23)39-16-8-7-9-25(36)37)22-11-10-21(19(3)17-22)14-15-27(38,28(30,31)32)29(33,34)35/h12-17,19-20,39H,6-11,18H2,1-5H3;10-15,17-18,38H,5-9,16H2,1-4H3,(H,36,37)/b17-16+;15-14+. The van der Waals surface area contributed by atoms with Crippen molar-refractivity contribution in [3.8, 4) is 11.5 Å². The van der Waals surface area contributed by atoms with Crippen LogP contribution in [0.4, 0.5) is 52.7 Å². The third kappa shape index (κ3) is 16.3. The molecule has 4 rings (SSSR count). The maximum absolute atomic E-state index is 13.1. The number of carbonyl (C=O) groups excluding carboxylic acids is 1. The summed E-state index contributed by atoms with van der Waals surface area (Å²) in [4.78, 5) is 22.1. The molecule has 0 amide bonds. The molecule has 0 aliphatic heterocycles. The second-order valence-corrected chi connectivity index (χ2v) is 19.7. The van der Waals surface area contributed by atoms with E-state index in [1.807, 2.05) is 77.9 Å². The van der Waals surface area contributed by atoms with Crippen LogP contribution >= 0.6 is 0 Å². The highest BCUT2D eigenvalue weighted by Crippen LogP contribution is 2.47. The summed E-state index contributed by atoms with van der Waals surface area (Å²) in [5, 5.41) is 27.6. The largest absolute Gasteiger partial charge is 0.493 e. The van der Waals surface area contributed by atoms with Gasteiger partial charge in [0, 0.05) is 23.7 Å². The summed E-state index contributed by atoms with van der Waals surface area (Å²) >= 11 is 0. The van der Waals surface area contributed by atoms with Crippen LogP contribution in [-0.2, 0) is 25.2 Å². The number of carboxylic acid groups (broad SMARTS) is 1. The molecule has 444 valence electrons. The van der Waals surface area contributed by atoms with E-state index < -0.39 is 52.7 Å². The van der Waals surface area contributed by atoms with Crippen molar-refractivity contribution < 1.29 is 91.8 Å². The normalized spacial score (nSPS) is 13.1. The molecule has 0 heterocycles. The van der Waals surface area contributed by atoms with Crippen LogP contribution in [0.1, 0.15) is 154 Å². The number of unbranched alkanes of at least 4 members (excludes halogenated alkanes) is 2. The lowest BCUT2D eigenvalue weighted by atomic mass is 9.70. The van der Waals surface area contributed by atoms with Crippen molar-refractivity contribution in [3.63, 3.8) is 0 Å². The number of esters is 1. The van der Waals surface area contributed by atoms with Crippen LogP contribution in [0.5, 0.6) is 11.5 Å². The van der Waals surface area contributed by atoms with Crippen LogP contribution in [0.3, 0.4) is 0 Å². The number of alkyl halides is 12. The van der Waals surface area contributed by atoms with Gasteiger partial charge in [-0.2, -0.15) is 52.7 Å². The molecule has 0 unspecified atom stereocenters. The Labute approximate surface area is 459 Å². The first-order valence-corrected chi connectivity index (χ1v) is 26.3. The van der Waals surface area contributed by atoms with Gasteiger partial charge in [-0.05, 0) is 166 Å². The third-order valence-corrected chi connectivity index (χ3v) is 14.6. The summed E-state index contributed by atoms with van der Waals surface area (Å²) in [6.07, 6.45) is -17.3. The predicted molar refractivity (Wildman–Crippen MR) is 283 cm³/mol. The van der Waals surface area contributed by atoms with Crippen LogP contribution in [0.2, 0.25) is 0 Å². The molecule has 4 aromatic rings. The molecule has 8 nitrogen and oxygen atoms in total. The Balaban J connectivity index is 0.000000421. The van der Waals surface area contributed by atoms with Crippen molar-refractivity contribution in [1.82, 2.24) is 0 Å². The first kappa shape index (κ1) is 68.3. The zero-order valence-electron chi connectivity index (χ0n) is 46.3. The van der Waals surface area contributed by atoms with Crippen LogP contribution in [0.25, 0.3) is 12.2 Å². The van der Waals surface area contributed by atoms with Crippen molar-refractivity contribution in [2.24, 2.45) is 0 Å². The van der Waals surface area contributed by atoms with Gasteiger partial charge in [0.2, 0.25) is 0 Å². The molecule has 0 atom stereocenters. The number of aliphatic carboxylic acids is 1.